The topological polar surface area (TPSA) is 71.1 Å². The fourth-order valence-corrected chi connectivity index (χ4v) is 3.63. The van der Waals surface area contributed by atoms with Gasteiger partial charge in [-0.15, -0.1) is 11.3 Å². The Hall–Kier alpha value is -1.27. The molecule has 2 aliphatic rings. The molecule has 6 heteroatoms. The van der Waals surface area contributed by atoms with Crippen molar-refractivity contribution >= 4 is 28.2 Å². The van der Waals surface area contributed by atoms with Gasteiger partial charge in [0, 0.05) is 18.2 Å². The number of nitrogens with zero attached hydrogens (tertiary/aromatic N) is 1. The van der Waals surface area contributed by atoms with Crippen molar-refractivity contribution in [3.05, 3.63) is 11.1 Å². The minimum absolute atomic E-state index is 0.0614. The molecule has 1 unspecified atom stereocenters. The number of hydrogen-bond acceptors (Lipinski definition) is 5. The molecule has 1 aromatic rings. The Bertz CT molecular complexity index is 520. The van der Waals surface area contributed by atoms with Gasteiger partial charge in [-0.3, -0.25) is 9.59 Å². The van der Waals surface area contributed by atoms with E-state index in [4.69, 9.17) is 0 Å². The molecule has 1 amide bonds. The highest BCUT2D eigenvalue weighted by Gasteiger charge is 2.57. The molecule has 1 spiro atoms. The van der Waals surface area contributed by atoms with Crippen molar-refractivity contribution in [2.24, 2.45) is 11.3 Å². The van der Waals surface area contributed by atoms with Gasteiger partial charge in [0.25, 0.3) is 0 Å². The summed E-state index contributed by atoms with van der Waals surface area (Å²) in [7, 11) is 0. The third kappa shape index (κ3) is 2.42. The van der Waals surface area contributed by atoms with Gasteiger partial charge in [0.1, 0.15) is 5.69 Å². The first-order valence-electron chi connectivity index (χ1n) is 6.59. The summed E-state index contributed by atoms with van der Waals surface area (Å²) in [5, 5.41) is 8.39. The predicted octanol–water partition coefficient (Wildman–Crippen LogP) is 1.67. The molecule has 1 aliphatic carbocycles. The largest absolute Gasteiger partial charge is 0.317 e. The van der Waals surface area contributed by atoms with Crippen LogP contribution in [0.25, 0.3) is 0 Å². The normalized spacial score (nSPS) is 24.2. The Balaban J connectivity index is 1.61. The molecular formula is C13H17N3O2S. The van der Waals surface area contributed by atoms with E-state index in [0.29, 0.717) is 10.8 Å². The van der Waals surface area contributed by atoms with Crippen LogP contribution < -0.4 is 10.6 Å². The van der Waals surface area contributed by atoms with Crippen LogP contribution in [0.4, 0.5) is 5.13 Å². The van der Waals surface area contributed by atoms with Crippen LogP contribution in [0, 0.1) is 11.3 Å². The van der Waals surface area contributed by atoms with Gasteiger partial charge < -0.3 is 10.6 Å². The molecule has 2 fully saturated rings. The lowest BCUT2D eigenvalue weighted by Gasteiger charge is -2.22. The molecule has 0 radical (unpaired) electrons. The fourth-order valence-electron chi connectivity index (χ4n) is 2.88. The Kier molecular flexibility index (Phi) is 3.14. The van der Waals surface area contributed by atoms with Crippen LogP contribution in [0.15, 0.2) is 5.38 Å². The predicted molar refractivity (Wildman–Crippen MR) is 73.4 cm³/mol. The Morgan fingerprint density at radius 3 is 2.84 bits per heavy atom. The lowest BCUT2D eigenvalue weighted by atomic mass is 9.92. The number of thiazole rings is 1. The van der Waals surface area contributed by atoms with Gasteiger partial charge in [-0.05, 0) is 37.8 Å². The summed E-state index contributed by atoms with van der Waals surface area (Å²) >= 11 is 1.31. The van der Waals surface area contributed by atoms with E-state index >= 15 is 0 Å². The van der Waals surface area contributed by atoms with Gasteiger partial charge in [-0.25, -0.2) is 4.98 Å². The van der Waals surface area contributed by atoms with E-state index in [-0.39, 0.29) is 23.0 Å². The van der Waals surface area contributed by atoms with Gasteiger partial charge in [-0.2, -0.15) is 0 Å². The third-order valence-corrected chi connectivity index (χ3v) is 4.96. The quantitative estimate of drug-likeness (QED) is 0.826. The number of anilines is 1. The van der Waals surface area contributed by atoms with Crippen molar-refractivity contribution in [3.8, 4) is 0 Å². The smallest absolute Gasteiger partial charge is 0.229 e. The van der Waals surface area contributed by atoms with Gasteiger partial charge in [-0.1, -0.05) is 0 Å². The van der Waals surface area contributed by atoms with Crippen molar-refractivity contribution in [1.29, 1.82) is 0 Å². The second-order valence-electron chi connectivity index (χ2n) is 5.45. The monoisotopic (exact) mass is 279 g/mol. The van der Waals surface area contributed by atoms with E-state index in [1.54, 1.807) is 5.38 Å². The van der Waals surface area contributed by atoms with E-state index in [0.717, 1.165) is 32.4 Å². The summed E-state index contributed by atoms with van der Waals surface area (Å²) in [6, 6.07) is 0. The standard InChI is InChI=1S/C13H17N3O2S/c1-8(17)10-7-19-12(15-10)16-11(18)9-6-13(9)2-4-14-5-3-13/h7,9,14H,2-6H2,1H3,(H,15,16,18). The van der Waals surface area contributed by atoms with Crippen LogP contribution in [-0.2, 0) is 4.79 Å². The van der Waals surface area contributed by atoms with E-state index in [1.807, 2.05) is 0 Å². The Morgan fingerprint density at radius 1 is 1.47 bits per heavy atom. The molecule has 5 nitrogen and oxygen atoms in total. The number of carbonyl (C=O) groups is 2. The zero-order valence-electron chi connectivity index (χ0n) is 10.9. The molecule has 1 saturated carbocycles. The molecule has 1 aromatic heterocycles. The highest BCUT2D eigenvalue weighted by molar-refractivity contribution is 7.14. The zero-order valence-corrected chi connectivity index (χ0v) is 11.7. The highest BCUT2D eigenvalue weighted by atomic mass is 32.1. The molecule has 19 heavy (non-hydrogen) atoms. The molecule has 2 heterocycles. The number of ketones is 1. The number of carbonyl (C=O) groups excluding carboxylic acids is 2. The lowest BCUT2D eigenvalue weighted by Crippen LogP contribution is -2.31. The lowest BCUT2D eigenvalue weighted by molar-refractivity contribution is -0.118. The first-order chi connectivity index (χ1) is 9.11. The van der Waals surface area contributed by atoms with Crippen molar-refractivity contribution in [3.63, 3.8) is 0 Å². The zero-order chi connectivity index (χ0) is 13.5. The first-order valence-corrected chi connectivity index (χ1v) is 7.47. The van der Waals surface area contributed by atoms with Crippen LogP contribution in [0.2, 0.25) is 0 Å². The van der Waals surface area contributed by atoms with Gasteiger partial charge in [0.2, 0.25) is 5.91 Å². The van der Waals surface area contributed by atoms with Crippen molar-refractivity contribution in [1.82, 2.24) is 10.3 Å². The van der Waals surface area contributed by atoms with Crippen LogP contribution in [0.5, 0.6) is 0 Å². The van der Waals surface area contributed by atoms with Crippen LogP contribution >= 0.6 is 11.3 Å². The molecular weight excluding hydrogens is 262 g/mol. The maximum Gasteiger partial charge on any atom is 0.229 e. The maximum atomic E-state index is 12.2. The number of Topliss-reactive ketones (excluding diaryl/α,β-unsaturated/α-hetero) is 1. The minimum atomic E-state index is -0.0713. The van der Waals surface area contributed by atoms with E-state index in [1.165, 1.54) is 18.3 Å². The van der Waals surface area contributed by atoms with Crippen LogP contribution in [0.3, 0.4) is 0 Å². The summed E-state index contributed by atoms with van der Waals surface area (Å²) in [4.78, 5) is 27.5. The second-order valence-corrected chi connectivity index (χ2v) is 6.31. The number of piperidine rings is 1. The van der Waals surface area contributed by atoms with Crippen molar-refractivity contribution in [2.75, 3.05) is 18.4 Å². The Morgan fingerprint density at radius 2 is 2.21 bits per heavy atom. The number of aromatic nitrogens is 1. The van der Waals surface area contributed by atoms with Gasteiger partial charge in [0.05, 0.1) is 0 Å². The number of rotatable bonds is 3. The van der Waals surface area contributed by atoms with Gasteiger partial charge >= 0.3 is 0 Å². The molecule has 0 aromatic carbocycles. The van der Waals surface area contributed by atoms with Crippen LogP contribution in [0.1, 0.15) is 36.7 Å². The average molecular weight is 279 g/mol. The second kappa shape index (κ2) is 4.68. The minimum Gasteiger partial charge on any atom is -0.317 e. The fraction of sp³-hybridized carbons (Fsp3) is 0.615. The molecule has 3 rings (SSSR count). The molecule has 102 valence electrons. The first kappa shape index (κ1) is 12.7. The molecule has 1 aliphatic heterocycles. The average Bonchev–Trinajstić information content (AvgIpc) is 2.86. The van der Waals surface area contributed by atoms with Gasteiger partial charge in [0.15, 0.2) is 10.9 Å². The number of amides is 1. The number of hydrogen-bond donors (Lipinski definition) is 2. The summed E-state index contributed by atoms with van der Waals surface area (Å²) in [6.45, 7) is 3.50. The highest BCUT2D eigenvalue weighted by Crippen LogP contribution is 2.58. The summed E-state index contributed by atoms with van der Waals surface area (Å²) < 4.78 is 0. The number of nitrogens with one attached hydrogen (secondary N) is 2. The van der Waals surface area contributed by atoms with E-state index in [9.17, 15) is 9.59 Å². The maximum absolute atomic E-state index is 12.2. The van der Waals surface area contributed by atoms with Crippen LogP contribution in [-0.4, -0.2) is 29.8 Å². The summed E-state index contributed by atoms with van der Waals surface area (Å²) in [5.74, 6) is 0.114. The third-order valence-electron chi connectivity index (χ3n) is 4.20. The SMILES string of the molecule is CC(=O)c1csc(NC(=O)C2CC23CCNCC3)n1. The van der Waals surface area contributed by atoms with E-state index < -0.39 is 0 Å². The Labute approximate surface area is 115 Å². The molecule has 1 saturated heterocycles. The molecule has 0 bridgehead atoms. The summed E-state index contributed by atoms with van der Waals surface area (Å²) in [5.41, 5.74) is 0.656. The molecule has 2 N–H and O–H groups in total. The molecule has 1 atom stereocenters. The van der Waals surface area contributed by atoms with Crippen molar-refractivity contribution < 1.29 is 9.59 Å². The van der Waals surface area contributed by atoms with E-state index in [2.05, 4.69) is 15.6 Å². The van der Waals surface area contributed by atoms with Crippen molar-refractivity contribution in [2.45, 2.75) is 26.2 Å². The summed E-state index contributed by atoms with van der Waals surface area (Å²) in [6.07, 6.45) is 3.16.